The molecule has 0 aromatic carbocycles. The van der Waals surface area contributed by atoms with Crippen molar-refractivity contribution in [3.05, 3.63) is 18.0 Å². The number of nitrogens with one attached hydrogen (secondary N) is 1. The van der Waals surface area contributed by atoms with Crippen LogP contribution in [0.25, 0.3) is 11.2 Å². The molecule has 3 rings (SSSR count). The number of rotatable bonds is 9. The predicted molar refractivity (Wildman–Crippen MR) is 156 cm³/mol. The van der Waals surface area contributed by atoms with Crippen LogP contribution in [0.2, 0.25) is 0 Å². The van der Waals surface area contributed by atoms with E-state index in [-0.39, 0.29) is 24.1 Å². The zero-order chi connectivity index (χ0) is 28.3. The van der Waals surface area contributed by atoms with Crippen LogP contribution in [0.5, 0.6) is 0 Å². The van der Waals surface area contributed by atoms with Crippen LogP contribution >= 0.6 is 10.0 Å². The van der Waals surface area contributed by atoms with Gasteiger partial charge in [-0.1, -0.05) is 0 Å². The number of hydrogen-bond acceptors (Lipinski definition) is 7. The van der Waals surface area contributed by atoms with Gasteiger partial charge in [0.05, 0.1) is 18.4 Å². The quantitative estimate of drug-likeness (QED) is 0.470. The van der Waals surface area contributed by atoms with Crippen LogP contribution in [0, 0.1) is 0 Å². The maximum absolute atomic E-state index is 13.0. The first-order valence-electron chi connectivity index (χ1n) is 13.3. The summed E-state index contributed by atoms with van der Waals surface area (Å²) in [6.07, 6.45) is 11.6. The summed E-state index contributed by atoms with van der Waals surface area (Å²) in [6.45, 7) is 11.7. The number of aromatic nitrogens is 3. The summed E-state index contributed by atoms with van der Waals surface area (Å²) in [4.78, 5) is 38.9. The number of carbonyl (C=O) groups excluding carboxylic acids is 2. The van der Waals surface area contributed by atoms with Crippen LogP contribution in [0.3, 0.4) is 0 Å². The van der Waals surface area contributed by atoms with Crippen molar-refractivity contribution in [2.24, 2.45) is 0 Å². The first-order chi connectivity index (χ1) is 17.6. The van der Waals surface area contributed by atoms with E-state index < -0.39 is 15.6 Å². The average Bonchev–Trinajstić information content (AvgIpc) is 3.17. The van der Waals surface area contributed by atoms with Gasteiger partial charge in [0.15, 0.2) is 5.65 Å². The lowest BCUT2D eigenvalue weighted by atomic mass is 10.0. The third kappa shape index (κ3) is 8.23. The fourth-order valence-corrected chi connectivity index (χ4v) is 4.86. The Hall–Kier alpha value is -2.53. The number of carbonyl (C=O) groups is 2. The fraction of sp³-hybridized carbons (Fsp3) is 0.704. The second-order valence-corrected chi connectivity index (χ2v) is 16.8. The molecule has 0 aliphatic carbocycles. The van der Waals surface area contributed by atoms with Gasteiger partial charge in [-0.25, -0.2) is 24.8 Å². The molecule has 1 saturated heterocycles. The van der Waals surface area contributed by atoms with Gasteiger partial charge in [-0.3, -0.25) is 4.79 Å². The maximum atomic E-state index is 13.0. The highest BCUT2D eigenvalue weighted by molar-refractivity contribution is 8.32. The minimum absolute atomic E-state index is 0.000819. The summed E-state index contributed by atoms with van der Waals surface area (Å²) < 4.78 is 13.3. The summed E-state index contributed by atoms with van der Waals surface area (Å²) in [5.74, 6) is 1.53. The number of piperidine rings is 1. The smallest absolute Gasteiger partial charge is 0.410 e. The highest BCUT2D eigenvalue weighted by Gasteiger charge is 2.29. The van der Waals surface area contributed by atoms with Crippen molar-refractivity contribution < 1.29 is 19.1 Å². The molecular weight excluding hydrogens is 504 g/mol. The topological polar surface area (TPSA) is 102 Å². The number of hydrogen-bond donors (Lipinski definition) is 1. The zero-order valence-corrected chi connectivity index (χ0v) is 25.4. The summed E-state index contributed by atoms with van der Waals surface area (Å²) in [6, 6.07) is 0.194. The molecule has 2 aromatic rings. The minimum Gasteiger partial charge on any atom is -0.444 e. The third-order valence-electron chi connectivity index (χ3n) is 6.31. The van der Waals surface area contributed by atoms with Crippen LogP contribution < -0.4 is 10.2 Å². The molecule has 0 radical (unpaired) electrons. The largest absolute Gasteiger partial charge is 0.444 e. The van der Waals surface area contributed by atoms with Crippen LogP contribution in [-0.4, -0.2) is 100 Å². The monoisotopic (exact) mass is 550 g/mol. The number of amides is 2. The third-order valence-corrected chi connectivity index (χ3v) is 7.70. The Morgan fingerprint density at radius 3 is 2.45 bits per heavy atom. The van der Waals surface area contributed by atoms with Crippen molar-refractivity contribution in [2.45, 2.75) is 71.9 Å². The molecule has 1 N–H and O–H groups in total. The molecule has 1 aliphatic rings. The molecule has 1 fully saturated rings. The number of anilines is 1. The molecule has 3 heterocycles. The van der Waals surface area contributed by atoms with Gasteiger partial charge in [-0.2, -0.15) is 0 Å². The highest BCUT2D eigenvalue weighted by atomic mass is 32.3. The van der Waals surface area contributed by atoms with E-state index >= 15 is 0 Å². The molecule has 38 heavy (non-hydrogen) atoms. The fourth-order valence-electron chi connectivity index (χ4n) is 4.24. The number of ether oxygens (including phenoxy) is 2. The lowest BCUT2D eigenvalue weighted by Crippen LogP contribution is -2.47. The van der Waals surface area contributed by atoms with Crippen molar-refractivity contribution >= 4 is 39.0 Å². The molecule has 0 saturated carbocycles. The average molecular weight is 551 g/mol. The summed E-state index contributed by atoms with van der Waals surface area (Å²) in [5.41, 5.74) is 1.16. The summed E-state index contributed by atoms with van der Waals surface area (Å²) in [5, 5.41) is 2.97. The highest BCUT2D eigenvalue weighted by Crippen LogP contribution is 2.33. The van der Waals surface area contributed by atoms with Crippen LogP contribution in [0.4, 0.5) is 10.6 Å². The Kier molecular flexibility index (Phi) is 9.57. The second-order valence-electron chi connectivity index (χ2n) is 12.2. The maximum Gasteiger partial charge on any atom is 0.410 e. The lowest BCUT2D eigenvalue weighted by molar-refractivity contribution is 0.0205. The van der Waals surface area contributed by atoms with Gasteiger partial charge >= 0.3 is 6.09 Å². The van der Waals surface area contributed by atoms with E-state index in [1.807, 2.05) is 46.2 Å². The van der Waals surface area contributed by atoms with E-state index in [1.165, 1.54) is 0 Å². The number of fused-ring (bicyclic) bond motifs is 1. The van der Waals surface area contributed by atoms with Crippen LogP contribution in [0.15, 0.2) is 12.4 Å². The molecule has 0 atom stereocenters. The molecule has 2 aromatic heterocycles. The van der Waals surface area contributed by atoms with Gasteiger partial charge in [0.1, 0.15) is 23.7 Å². The van der Waals surface area contributed by atoms with Crippen LogP contribution in [-0.2, 0) is 16.2 Å². The standard InChI is InChI=1S/C27H46N6O4S/c1-19(2)29-25(34)21-17-33(18-36-14-15-38(7,8)9)24-23(21)30-22(16-28-24)31(6)20-10-12-32(13-11-20)26(35)37-27(3,4)5/h16-17,19-20H,10-15,18H2,1-9H3,(H,29,34). The van der Waals surface area contributed by atoms with Crippen molar-refractivity contribution in [3.63, 3.8) is 0 Å². The second kappa shape index (κ2) is 12.1. The Bertz CT molecular complexity index is 1110. The molecule has 10 nitrogen and oxygen atoms in total. The van der Waals surface area contributed by atoms with Gasteiger partial charge in [0.25, 0.3) is 5.91 Å². The lowest BCUT2D eigenvalue weighted by Gasteiger charge is -2.37. The van der Waals surface area contributed by atoms with Gasteiger partial charge in [0, 0.05) is 44.2 Å². The van der Waals surface area contributed by atoms with Crippen molar-refractivity contribution in [2.75, 3.05) is 56.2 Å². The molecule has 0 unspecified atom stereocenters. The van der Waals surface area contributed by atoms with Gasteiger partial charge in [-0.05, 0) is 66.2 Å². The molecule has 0 spiro atoms. The van der Waals surface area contributed by atoms with E-state index in [0.717, 1.165) is 18.6 Å². The number of nitrogens with zero attached hydrogens (tertiary/aromatic N) is 5. The van der Waals surface area contributed by atoms with E-state index in [0.29, 0.717) is 49.0 Å². The minimum atomic E-state index is -0.646. The van der Waals surface area contributed by atoms with E-state index in [2.05, 4.69) is 29.0 Å². The Labute approximate surface area is 228 Å². The van der Waals surface area contributed by atoms with E-state index in [9.17, 15) is 9.59 Å². The van der Waals surface area contributed by atoms with Gasteiger partial charge in [-0.15, -0.1) is 0 Å². The molecule has 1 aliphatic heterocycles. The van der Waals surface area contributed by atoms with Crippen molar-refractivity contribution in [3.8, 4) is 0 Å². The first-order valence-corrected chi connectivity index (χ1v) is 16.3. The van der Waals surface area contributed by atoms with Gasteiger partial charge < -0.3 is 29.2 Å². The Balaban J connectivity index is 1.77. The van der Waals surface area contributed by atoms with Crippen LogP contribution in [0.1, 0.15) is 57.8 Å². The normalized spacial score (nSPS) is 15.7. The van der Waals surface area contributed by atoms with E-state index in [1.54, 1.807) is 17.3 Å². The number of likely N-dealkylation sites (tertiary alicyclic amines) is 1. The molecular formula is C27H46N6O4S. The van der Waals surface area contributed by atoms with E-state index in [4.69, 9.17) is 19.4 Å². The molecule has 11 heteroatoms. The molecule has 0 bridgehead atoms. The van der Waals surface area contributed by atoms with Crippen molar-refractivity contribution in [1.29, 1.82) is 0 Å². The Morgan fingerprint density at radius 2 is 1.87 bits per heavy atom. The zero-order valence-electron chi connectivity index (χ0n) is 24.5. The molecule has 214 valence electrons. The SMILES string of the molecule is CC(C)NC(=O)c1cn(COCCS(C)(C)C)c2ncc(N(C)C3CCN(C(=O)OC(C)(C)C)CC3)nc12. The molecule has 2 amide bonds. The van der Waals surface area contributed by atoms with Gasteiger partial charge in [0.2, 0.25) is 0 Å². The Morgan fingerprint density at radius 1 is 1.21 bits per heavy atom. The predicted octanol–water partition coefficient (Wildman–Crippen LogP) is 4.07. The first kappa shape index (κ1) is 30.0. The summed E-state index contributed by atoms with van der Waals surface area (Å²) >= 11 is 0. The van der Waals surface area contributed by atoms with Crippen molar-refractivity contribution in [1.82, 2.24) is 24.8 Å². The summed E-state index contributed by atoms with van der Waals surface area (Å²) in [7, 11) is 1.35.